The highest BCUT2D eigenvalue weighted by atomic mass is 35.5. The molecule has 0 saturated carbocycles. The first-order chi connectivity index (χ1) is 13.0. The van der Waals surface area contributed by atoms with Crippen molar-refractivity contribution in [2.75, 3.05) is 32.2 Å². The van der Waals surface area contributed by atoms with E-state index >= 15 is 0 Å². The molecule has 27 heavy (non-hydrogen) atoms. The maximum Gasteiger partial charge on any atom is 0.255 e. The molecule has 146 valence electrons. The lowest BCUT2D eigenvalue weighted by Crippen LogP contribution is -2.13. The summed E-state index contributed by atoms with van der Waals surface area (Å²) in [6, 6.07) is 8.36. The Hall–Kier alpha value is -2.60. The zero-order chi connectivity index (χ0) is 19.8. The Labute approximate surface area is 164 Å². The maximum absolute atomic E-state index is 12.6. The smallest absolute Gasteiger partial charge is 0.255 e. The topological polar surface area (TPSA) is 66.0 Å². The number of nitrogens with one attached hydrogen (secondary N) is 1. The number of carbonyl (C=O) groups is 1. The highest BCUT2D eigenvalue weighted by molar-refractivity contribution is 6.32. The Morgan fingerprint density at radius 3 is 2.22 bits per heavy atom. The summed E-state index contributed by atoms with van der Waals surface area (Å²) >= 11 is 6.24. The average Bonchev–Trinajstić information content (AvgIpc) is 2.65. The SMILES string of the molecule is CCOc1ccc(NC(=O)c2cc(Cl)c(OCC)c(OC)c2)cc1OCC. The minimum atomic E-state index is -0.329. The van der Waals surface area contributed by atoms with Crippen LogP contribution in [0.5, 0.6) is 23.0 Å². The van der Waals surface area contributed by atoms with Crippen molar-refractivity contribution < 1.29 is 23.7 Å². The predicted octanol–water partition coefficient (Wildman–Crippen LogP) is 4.80. The molecule has 1 amide bonds. The van der Waals surface area contributed by atoms with Gasteiger partial charge in [-0.15, -0.1) is 0 Å². The minimum Gasteiger partial charge on any atom is -0.493 e. The van der Waals surface area contributed by atoms with Crippen molar-refractivity contribution in [2.24, 2.45) is 0 Å². The number of carbonyl (C=O) groups excluding carboxylic acids is 1. The van der Waals surface area contributed by atoms with Gasteiger partial charge < -0.3 is 24.3 Å². The van der Waals surface area contributed by atoms with Crippen LogP contribution in [0.25, 0.3) is 0 Å². The molecular formula is C20H24ClNO5. The van der Waals surface area contributed by atoms with Crippen molar-refractivity contribution in [3.05, 3.63) is 40.9 Å². The molecule has 2 aromatic carbocycles. The van der Waals surface area contributed by atoms with Gasteiger partial charge in [-0.05, 0) is 45.0 Å². The van der Waals surface area contributed by atoms with Crippen LogP contribution in [0.3, 0.4) is 0 Å². The van der Waals surface area contributed by atoms with Gasteiger partial charge in [0.2, 0.25) is 0 Å². The van der Waals surface area contributed by atoms with E-state index in [1.807, 2.05) is 20.8 Å². The van der Waals surface area contributed by atoms with Crippen molar-refractivity contribution in [1.82, 2.24) is 0 Å². The fourth-order valence-electron chi connectivity index (χ4n) is 2.47. The van der Waals surface area contributed by atoms with Crippen LogP contribution in [0.15, 0.2) is 30.3 Å². The number of anilines is 1. The molecule has 0 bridgehead atoms. The summed E-state index contributed by atoms with van der Waals surface area (Å²) in [5.41, 5.74) is 0.933. The molecule has 2 aromatic rings. The lowest BCUT2D eigenvalue weighted by Gasteiger charge is -2.14. The normalized spacial score (nSPS) is 10.3. The highest BCUT2D eigenvalue weighted by Gasteiger charge is 2.16. The third-order valence-electron chi connectivity index (χ3n) is 3.58. The molecule has 0 aliphatic rings. The molecule has 0 aliphatic carbocycles. The zero-order valence-corrected chi connectivity index (χ0v) is 16.7. The summed E-state index contributed by atoms with van der Waals surface area (Å²) in [4.78, 5) is 12.6. The number of rotatable bonds is 9. The van der Waals surface area contributed by atoms with Gasteiger partial charge in [-0.25, -0.2) is 0 Å². The van der Waals surface area contributed by atoms with Crippen molar-refractivity contribution in [3.8, 4) is 23.0 Å². The number of hydrogen-bond acceptors (Lipinski definition) is 5. The molecule has 0 fully saturated rings. The monoisotopic (exact) mass is 393 g/mol. The number of methoxy groups -OCH3 is 1. The summed E-state index contributed by atoms with van der Waals surface area (Å²) in [6.07, 6.45) is 0. The van der Waals surface area contributed by atoms with E-state index in [2.05, 4.69) is 5.32 Å². The lowest BCUT2D eigenvalue weighted by atomic mass is 10.1. The molecule has 0 radical (unpaired) electrons. The summed E-state index contributed by atoms with van der Waals surface area (Å²) in [7, 11) is 1.50. The summed E-state index contributed by atoms with van der Waals surface area (Å²) in [6.45, 7) is 7.08. The molecule has 0 unspecified atom stereocenters. The van der Waals surface area contributed by atoms with Crippen molar-refractivity contribution in [3.63, 3.8) is 0 Å². The van der Waals surface area contributed by atoms with E-state index in [1.165, 1.54) is 7.11 Å². The number of benzene rings is 2. The van der Waals surface area contributed by atoms with E-state index < -0.39 is 0 Å². The van der Waals surface area contributed by atoms with Gasteiger partial charge in [-0.1, -0.05) is 11.6 Å². The van der Waals surface area contributed by atoms with Gasteiger partial charge in [0.15, 0.2) is 23.0 Å². The van der Waals surface area contributed by atoms with Gasteiger partial charge in [-0.3, -0.25) is 4.79 Å². The number of halogens is 1. The maximum atomic E-state index is 12.6. The Kier molecular flexibility index (Phi) is 7.61. The second kappa shape index (κ2) is 9.92. The zero-order valence-electron chi connectivity index (χ0n) is 15.9. The van der Waals surface area contributed by atoms with Crippen LogP contribution in [0.4, 0.5) is 5.69 Å². The van der Waals surface area contributed by atoms with E-state index in [0.29, 0.717) is 59.1 Å². The molecule has 0 aliphatic heterocycles. The summed E-state index contributed by atoms with van der Waals surface area (Å²) in [5.74, 6) is 1.68. The van der Waals surface area contributed by atoms with Crippen LogP contribution in [0.1, 0.15) is 31.1 Å². The first-order valence-electron chi connectivity index (χ1n) is 8.75. The van der Waals surface area contributed by atoms with Gasteiger partial charge >= 0.3 is 0 Å². The van der Waals surface area contributed by atoms with E-state index in [1.54, 1.807) is 30.3 Å². The number of hydrogen-bond donors (Lipinski definition) is 1. The largest absolute Gasteiger partial charge is 0.493 e. The molecule has 1 N–H and O–H groups in total. The average molecular weight is 394 g/mol. The van der Waals surface area contributed by atoms with Crippen LogP contribution >= 0.6 is 11.6 Å². The van der Waals surface area contributed by atoms with E-state index in [-0.39, 0.29) is 5.91 Å². The Morgan fingerprint density at radius 2 is 1.59 bits per heavy atom. The van der Waals surface area contributed by atoms with Gasteiger partial charge in [-0.2, -0.15) is 0 Å². The van der Waals surface area contributed by atoms with Crippen molar-refractivity contribution >= 4 is 23.2 Å². The van der Waals surface area contributed by atoms with Crippen molar-refractivity contribution in [1.29, 1.82) is 0 Å². The second-order valence-electron chi connectivity index (χ2n) is 5.40. The third-order valence-corrected chi connectivity index (χ3v) is 3.86. The molecule has 0 saturated heterocycles. The molecule has 2 rings (SSSR count). The van der Waals surface area contributed by atoms with E-state index in [4.69, 9.17) is 30.5 Å². The van der Waals surface area contributed by atoms with Crippen LogP contribution in [0.2, 0.25) is 5.02 Å². The van der Waals surface area contributed by atoms with Gasteiger partial charge in [0.05, 0.1) is 32.0 Å². The lowest BCUT2D eigenvalue weighted by molar-refractivity contribution is 0.102. The summed E-state index contributed by atoms with van der Waals surface area (Å²) in [5, 5.41) is 3.14. The molecule has 0 heterocycles. The quantitative estimate of drug-likeness (QED) is 0.663. The Morgan fingerprint density at radius 1 is 0.926 bits per heavy atom. The molecule has 0 spiro atoms. The van der Waals surface area contributed by atoms with Crippen LogP contribution in [-0.4, -0.2) is 32.8 Å². The molecule has 7 heteroatoms. The fourth-order valence-corrected chi connectivity index (χ4v) is 2.73. The highest BCUT2D eigenvalue weighted by Crippen LogP contribution is 2.37. The van der Waals surface area contributed by atoms with Crippen LogP contribution < -0.4 is 24.3 Å². The third kappa shape index (κ3) is 5.20. The summed E-state index contributed by atoms with van der Waals surface area (Å²) < 4.78 is 21.9. The van der Waals surface area contributed by atoms with E-state index in [9.17, 15) is 4.79 Å². The fraction of sp³-hybridized carbons (Fsp3) is 0.350. The number of amides is 1. The second-order valence-corrected chi connectivity index (χ2v) is 5.81. The van der Waals surface area contributed by atoms with Crippen LogP contribution in [0, 0.1) is 0 Å². The molecular weight excluding hydrogens is 370 g/mol. The minimum absolute atomic E-state index is 0.308. The molecule has 6 nitrogen and oxygen atoms in total. The predicted molar refractivity (Wildman–Crippen MR) is 106 cm³/mol. The molecule has 0 aromatic heterocycles. The standard InChI is InChI=1S/C20H24ClNO5/c1-5-25-16-9-8-14(12-17(16)26-6-2)22-20(23)13-10-15(21)19(27-7-3)18(11-13)24-4/h8-12H,5-7H2,1-4H3,(H,22,23). The van der Waals surface area contributed by atoms with Gasteiger partial charge in [0.1, 0.15) is 0 Å². The first kappa shape index (κ1) is 20.7. The van der Waals surface area contributed by atoms with Crippen molar-refractivity contribution in [2.45, 2.75) is 20.8 Å². The van der Waals surface area contributed by atoms with Gasteiger partial charge in [0.25, 0.3) is 5.91 Å². The number of ether oxygens (including phenoxy) is 4. The van der Waals surface area contributed by atoms with Crippen LogP contribution in [-0.2, 0) is 0 Å². The Balaban J connectivity index is 2.26. The van der Waals surface area contributed by atoms with E-state index in [0.717, 1.165) is 0 Å². The molecule has 0 atom stereocenters. The van der Waals surface area contributed by atoms with Gasteiger partial charge in [0, 0.05) is 17.3 Å². The Bertz CT molecular complexity index is 794. The first-order valence-corrected chi connectivity index (χ1v) is 9.13.